The lowest BCUT2D eigenvalue weighted by Gasteiger charge is -2.34. The van der Waals surface area contributed by atoms with Crippen molar-refractivity contribution in [3.8, 4) is 0 Å². The number of hydrogen-bond acceptors (Lipinski definition) is 5. The highest BCUT2D eigenvalue weighted by Crippen LogP contribution is 2.26. The molecular formula is C27H29FN6O2. The number of rotatable bonds is 9. The van der Waals surface area contributed by atoms with Crippen LogP contribution in [0, 0.1) is 5.82 Å². The van der Waals surface area contributed by atoms with Crippen molar-refractivity contribution in [3.05, 3.63) is 90.0 Å². The highest BCUT2D eigenvalue weighted by Gasteiger charge is 2.34. The number of amides is 2. The molecule has 0 unspecified atom stereocenters. The maximum absolute atomic E-state index is 14.7. The zero-order valence-electron chi connectivity index (χ0n) is 20.6. The van der Waals surface area contributed by atoms with E-state index in [1.54, 1.807) is 48.8 Å². The lowest BCUT2D eigenvalue weighted by Crippen LogP contribution is -2.50. The number of pyridine rings is 1. The third kappa shape index (κ3) is 5.56. The van der Waals surface area contributed by atoms with Crippen molar-refractivity contribution in [2.24, 2.45) is 0 Å². The molecule has 0 saturated carbocycles. The van der Waals surface area contributed by atoms with Crippen molar-refractivity contribution in [2.45, 2.75) is 51.9 Å². The first-order chi connectivity index (χ1) is 17.3. The number of nitrogens with one attached hydrogen (secondary N) is 1. The van der Waals surface area contributed by atoms with Gasteiger partial charge >= 0.3 is 0 Å². The zero-order chi connectivity index (χ0) is 25.7. The maximum atomic E-state index is 14.7. The molecule has 9 heteroatoms. The Morgan fingerprint density at radius 2 is 1.75 bits per heavy atom. The average molecular weight is 489 g/mol. The molecule has 0 saturated heterocycles. The van der Waals surface area contributed by atoms with E-state index >= 15 is 0 Å². The molecule has 0 bridgehead atoms. The van der Waals surface area contributed by atoms with Crippen molar-refractivity contribution in [1.29, 1.82) is 0 Å². The van der Waals surface area contributed by atoms with E-state index < -0.39 is 23.3 Å². The zero-order valence-corrected chi connectivity index (χ0v) is 20.6. The minimum Gasteiger partial charge on any atom is -0.349 e. The predicted octanol–water partition coefficient (Wildman–Crippen LogP) is 4.04. The van der Waals surface area contributed by atoms with E-state index in [4.69, 9.17) is 0 Å². The van der Waals surface area contributed by atoms with Crippen LogP contribution in [0.1, 0.15) is 44.4 Å². The van der Waals surface area contributed by atoms with Crippen LogP contribution in [-0.4, -0.2) is 42.2 Å². The van der Waals surface area contributed by atoms with Gasteiger partial charge in [-0.1, -0.05) is 42.5 Å². The molecule has 2 heterocycles. The second-order valence-electron chi connectivity index (χ2n) is 9.26. The molecule has 8 nitrogen and oxygen atoms in total. The average Bonchev–Trinajstić information content (AvgIpc) is 3.28. The molecule has 2 aromatic carbocycles. The van der Waals surface area contributed by atoms with Gasteiger partial charge in [-0.05, 0) is 56.2 Å². The summed E-state index contributed by atoms with van der Waals surface area (Å²) in [6, 6.07) is 15.9. The summed E-state index contributed by atoms with van der Waals surface area (Å²) in [7, 11) is 0. The molecule has 0 fully saturated rings. The summed E-state index contributed by atoms with van der Waals surface area (Å²) in [4.78, 5) is 33.0. The number of para-hydroxylation sites is 1. The fourth-order valence-corrected chi connectivity index (χ4v) is 3.90. The van der Waals surface area contributed by atoms with Gasteiger partial charge in [-0.15, -0.1) is 5.10 Å². The number of aromatic nitrogens is 4. The molecule has 0 aliphatic rings. The SMILES string of the molecule is CCC(C)(C)NC(=O)[C@H](c1ccncc1)N(Cc1ccccc1F)C(=O)Cn1nnc2ccccc21. The monoisotopic (exact) mass is 488 g/mol. The molecule has 0 spiro atoms. The Balaban J connectivity index is 1.76. The number of benzene rings is 2. The van der Waals surface area contributed by atoms with Crippen molar-refractivity contribution in [3.63, 3.8) is 0 Å². The Bertz CT molecular complexity index is 1350. The van der Waals surface area contributed by atoms with Crippen LogP contribution in [0.5, 0.6) is 0 Å². The fraction of sp³-hybridized carbons (Fsp3) is 0.296. The number of carbonyl (C=O) groups excluding carboxylic acids is 2. The van der Waals surface area contributed by atoms with Crippen LogP contribution in [0.3, 0.4) is 0 Å². The molecule has 1 atom stereocenters. The lowest BCUT2D eigenvalue weighted by atomic mass is 9.98. The molecule has 0 aliphatic heterocycles. The summed E-state index contributed by atoms with van der Waals surface area (Å²) in [6.45, 7) is 5.53. The summed E-state index contributed by atoms with van der Waals surface area (Å²) >= 11 is 0. The second-order valence-corrected chi connectivity index (χ2v) is 9.26. The molecule has 0 radical (unpaired) electrons. The molecule has 2 amide bonds. The number of nitrogens with zero attached hydrogens (tertiary/aromatic N) is 5. The van der Waals surface area contributed by atoms with Gasteiger partial charge in [-0.3, -0.25) is 14.6 Å². The largest absolute Gasteiger partial charge is 0.349 e. The predicted molar refractivity (Wildman–Crippen MR) is 134 cm³/mol. The van der Waals surface area contributed by atoms with Crippen molar-refractivity contribution in [2.75, 3.05) is 0 Å². The number of halogens is 1. The standard InChI is InChI=1S/C27H29FN6O2/c1-4-27(2,3)30-26(36)25(19-13-15-29-16-14-19)33(17-20-9-5-6-10-21(20)28)24(35)18-34-23-12-8-7-11-22(23)31-32-34/h5-16,25H,4,17-18H2,1-3H3,(H,30,36)/t25-/m0/s1. The van der Waals surface area contributed by atoms with Gasteiger partial charge in [-0.25, -0.2) is 9.07 Å². The first kappa shape index (κ1) is 25.0. The summed E-state index contributed by atoms with van der Waals surface area (Å²) in [6.07, 6.45) is 3.82. The van der Waals surface area contributed by atoms with E-state index in [1.807, 2.05) is 39.0 Å². The number of fused-ring (bicyclic) bond motifs is 1. The van der Waals surface area contributed by atoms with Gasteiger partial charge in [0.1, 0.15) is 23.9 Å². The second kappa shape index (κ2) is 10.6. The minimum atomic E-state index is -1.01. The summed E-state index contributed by atoms with van der Waals surface area (Å²) in [5, 5.41) is 11.3. The first-order valence-corrected chi connectivity index (χ1v) is 11.8. The summed E-state index contributed by atoms with van der Waals surface area (Å²) in [5.41, 5.74) is 1.71. The molecule has 186 valence electrons. The van der Waals surface area contributed by atoms with Crippen molar-refractivity contribution in [1.82, 2.24) is 30.2 Å². The molecule has 4 rings (SSSR count). The summed E-state index contributed by atoms with van der Waals surface area (Å²) < 4.78 is 16.2. The molecule has 1 N–H and O–H groups in total. The van der Waals surface area contributed by atoms with Gasteiger partial charge in [0.25, 0.3) is 0 Å². The molecule has 0 aliphatic carbocycles. The Hall–Kier alpha value is -4.14. The first-order valence-electron chi connectivity index (χ1n) is 11.8. The minimum absolute atomic E-state index is 0.106. The van der Waals surface area contributed by atoms with Crippen LogP contribution in [0.4, 0.5) is 4.39 Å². The smallest absolute Gasteiger partial charge is 0.247 e. The van der Waals surface area contributed by atoms with Gasteiger partial charge in [-0.2, -0.15) is 0 Å². The van der Waals surface area contributed by atoms with Gasteiger partial charge in [0.05, 0.1) is 5.52 Å². The van der Waals surface area contributed by atoms with Crippen LogP contribution in [0.15, 0.2) is 73.1 Å². The summed E-state index contributed by atoms with van der Waals surface area (Å²) in [5.74, 6) is -1.22. The van der Waals surface area contributed by atoms with E-state index in [-0.39, 0.29) is 19.0 Å². The van der Waals surface area contributed by atoms with Crippen LogP contribution < -0.4 is 5.32 Å². The van der Waals surface area contributed by atoms with E-state index in [2.05, 4.69) is 20.6 Å². The third-order valence-electron chi connectivity index (χ3n) is 6.25. The Kier molecular flexibility index (Phi) is 7.38. The highest BCUT2D eigenvalue weighted by atomic mass is 19.1. The Morgan fingerprint density at radius 3 is 2.47 bits per heavy atom. The van der Waals surface area contributed by atoms with Gasteiger partial charge in [0, 0.05) is 30.0 Å². The van der Waals surface area contributed by atoms with E-state index in [0.29, 0.717) is 28.6 Å². The number of hydrogen-bond donors (Lipinski definition) is 1. The normalized spacial score (nSPS) is 12.3. The third-order valence-corrected chi connectivity index (χ3v) is 6.25. The lowest BCUT2D eigenvalue weighted by molar-refractivity contribution is -0.143. The van der Waals surface area contributed by atoms with E-state index in [9.17, 15) is 14.0 Å². The Labute approximate surface area is 209 Å². The van der Waals surface area contributed by atoms with Crippen LogP contribution >= 0.6 is 0 Å². The fourth-order valence-electron chi connectivity index (χ4n) is 3.90. The molecule has 2 aromatic heterocycles. The quantitative estimate of drug-likeness (QED) is 0.384. The van der Waals surface area contributed by atoms with E-state index in [1.165, 1.54) is 15.6 Å². The number of carbonyl (C=O) groups is 2. The van der Waals surface area contributed by atoms with Crippen molar-refractivity contribution < 1.29 is 14.0 Å². The molecule has 36 heavy (non-hydrogen) atoms. The Morgan fingerprint density at radius 1 is 1.06 bits per heavy atom. The van der Waals surface area contributed by atoms with Gasteiger partial charge < -0.3 is 10.2 Å². The van der Waals surface area contributed by atoms with Gasteiger partial charge in [0.2, 0.25) is 11.8 Å². The van der Waals surface area contributed by atoms with E-state index in [0.717, 1.165) is 0 Å². The van der Waals surface area contributed by atoms with Crippen molar-refractivity contribution >= 4 is 22.8 Å². The van der Waals surface area contributed by atoms with Crippen LogP contribution in [0.25, 0.3) is 11.0 Å². The maximum Gasteiger partial charge on any atom is 0.247 e. The topological polar surface area (TPSA) is 93.0 Å². The van der Waals surface area contributed by atoms with Crippen LogP contribution in [-0.2, 0) is 22.7 Å². The highest BCUT2D eigenvalue weighted by molar-refractivity contribution is 5.89. The molecular weight excluding hydrogens is 459 g/mol. The van der Waals surface area contributed by atoms with Gasteiger partial charge in [0.15, 0.2) is 0 Å². The molecule has 4 aromatic rings. The van der Waals surface area contributed by atoms with Crippen LogP contribution in [0.2, 0.25) is 0 Å².